The van der Waals surface area contributed by atoms with Gasteiger partial charge in [-0.15, -0.1) is 0 Å². The van der Waals surface area contributed by atoms with E-state index in [9.17, 15) is 0 Å². The van der Waals surface area contributed by atoms with Crippen molar-refractivity contribution in [3.63, 3.8) is 0 Å². The van der Waals surface area contributed by atoms with E-state index in [2.05, 4.69) is 205 Å². The van der Waals surface area contributed by atoms with Gasteiger partial charge in [-0.05, 0) is 106 Å². The van der Waals surface area contributed by atoms with Gasteiger partial charge in [0, 0.05) is 44.3 Å². The van der Waals surface area contributed by atoms with Gasteiger partial charge >= 0.3 is 0 Å². The molecule has 2 heterocycles. The van der Waals surface area contributed by atoms with Crippen LogP contribution >= 0.6 is 0 Å². The minimum absolute atomic E-state index is 0.0593. The van der Waals surface area contributed by atoms with E-state index >= 15 is 0 Å². The molecule has 0 atom stereocenters. The zero-order chi connectivity index (χ0) is 36.0. The summed E-state index contributed by atoms with van der Waals surface area (Å²) in [4.78, 5) is 2.39. The Balaban J connectivity index is 1.12. The Labute approximate surface area is 314 Å². The van der Waals surface area contributed by atoms with Gasteiger partial charge in [0.2, 0.25) is 0 Å². The highest BCUT2D eigenvalue weighted by atomic mass is 16.3. The second kappa shape index (κ2) is 11.6. The van der Waals surface area contributed by atoms with E-state index in [4.69, 9.17) is 4.42 Å². The van der Waals surface area contributed by atoms with E-state index in [-0.39, 0.29) is 5.41 Å². The molecule has 0 amide bonds. The second-order valence-corrected chi connectivity index (χ2v) is 15.0. The van der Waals surface area contributed by atoms with E-state index in [1.807, 2.05) is 0 Å². The lowest BCUT2D eigenvalue weighted by Gasteiger charge is -2.27. The van der Waals surface area contributed by atoms with Gasteiger partial charge in [0.15, 0.2) is 0 Å². The molecule has 11 rings (SSSR count). The maximum absolute atomic E-state index is 6.82. The van der Waals surface area contributed by atoms with Crippen LogP contribution in [0.5, 0.6) is 0 Å². The minimum atomic E-state index is -0.0593. The number of rotatable bonds is 5. The molecule has 0 saturated carbocycles. The smallest absolute Gasteiger partial charge is 0.145 e. The van der Waals surface area contributed by atoms with Crippen LogP contribution in [0.15, 0.2) is 186 Å². The van der Waals surface area contributed by atoms with Crippen LogP contribution in [-0.4, -0.2) is 4.57 Å². The number of hydrogen-bond acceptors (Lipinski definition) is 2. The van der Waals surface area contributed by atoms with E-state index in [1.165, 1.54) is 44.3 Å². The van der Waals surface area contributed by atoms with Crippen molar-refractivity contribution in [3.05, 3.63) is 193 Å². The third-order valence-electron chi connectivity index (χ3n) is 11.6. The normalized spacial score (nSPS) is 13.1. The van der Waals surface area contributed by atoms with Crippen LogP contribution in [0.1, 0.15) is 25.0 Å². The summed E-state index contributed by atoms with van der Waals surface area (Å²) in [5.74, 6) is 0. The molecular weight excluding hydrogens is 657 g/mol. The Morgan fingerprint density at radius 1 is 0.463 bits per heavy atom. The SMILES string of the molecule is CC1(C)c2ccccc2-c2cc(N(c3ccc(-c4ccccc4)cc3)c3ccc4oc5c(ccc6c5c5ccccc5n6-c5ccccc5)c4c3)ccc21. The zero-order valence-corrected chi connectivity index (χ0v) is 30.1. The number of aromatic nitrogens is 1. The van der Waals surface area contributed by atoms with Gasteiger partial charge in [0.05, 0.1) is 16.4 Å². The molecule has 0 radical (unpaired) electrons. The maximum Gasteiger partial charge on any atom is 0.145 e. The van der Waals surface area contributed by atoms with Crippen molar-refractivity contribution < 1.29 is 4.42 Å². The number of nitrogens with zero attached hydrogens (tertiary/aromatic N) is 2. The summed E-state index contributed by atoms with van der Waals surface area (Å²) in [6.07, 6.45) is 0. The van der Waals surface area contributed by atoms with Crippen molar-refractivity contribution in [1.82, 2.24) is 4.57 Å². The van der Waals surface area contributed by atoms with Crippen LogP contribution in [0, 0.1) is 0 Å². The average Bonchev–Trinajstić information content (AvgIpc) is 3.84. The molecule has 3 nitrogen and oxygen atoms in total. The van der Waals surface area contributed by atoms with Gasteiger partial charge in [-0.3, -0.25) is 0 Å². The molecule has 0 aliphatic heterocycles. The summed E-state index contributed by atoms with van der Waals surface area (Å²) < 4.78 is 9.17. The van der Waals surface area contributed by atoms with Gasteiger partial charge in [-0.1, -0.05) is 123 Å². The van der Waals surface area contributed by atoms with Crippen LogP contribution in [0.3, 0.4) is 0 Å². The molecule has 0 saturated heterocycles. The molecule has 0 unspecified atom stereocenters. The van der Waals surface area contributed by atoms with E-state index < -0.39 is 0 Å². The lowest BCUT2D eigenvalue weighted by Crippen LogP contribution is -2.15. The molecule has 3 heteroatoms. The Hall–Kier alpha value is -6.84. The van der Waals surface area contributed by atoms with Crippen molar-refractivity contribution in [2.45, 2.75) is 19.3 Å². The van der Waals surface area contributed by atoms with Crippen molar-refractivity contribution in [3.8, 4) is 27.9 Å². The third kappa shape index (κ3) is 4.48. The molecular formula is C51H36N2O. The standard InChI is InChI=1S/C51H36N2O/c1-51(2)44-19-11-9-17-39(44)42-31-37(25-28-45(42)51)52(36-23-21-34(22-24-36)33-13-5-3-6-14-33)38-26-30-48-43(32-38)40-27-29-47-49(50(40)54-48)41-18-10-12-20-46(41)53(47)35-15-7-4-8-16-35/h3-32H,1-2H3. The van der Waals surface area contributed by atoms with Crippen molar-refractivity contribution >= 4 is 60.8 Å². The number of hydrogen-bond donors (Lipinski definition) is 0. The second-order valence-electron chi connectivity index (χ2n) is 15.0. The van der Waals surface area contributed by atoms with Crippen LogP contribution in [0.2, 0.25) is 0 Å². The molecule has 0 fully saturated rings. The van der Waals surface area contributed by atoms with Crippen molar-refractivity contribution in [1.29, 1.82) is 0 Å². The summed E-state index contributed by atoms with van der Waals surface area (Å²) in [7, 11) is 0. The van der Waals surface area contributed by atoms with E-state index in [1.54, 1.807) is 0 Å². The number of anilines is 3. The molecule has 8 aromatic carbocycles. The first kappa shape index (κ1) is 30.8. The predicted octanol–water partition coefficient (Wildman–Crippen LogP) is 14.1. The largest absolute Gasteiger partial charge is 0.455 e. The fraction of sp³-hybridized carbons (Fsp3) is 0.0588. The van der Waals surface area contributed by atoms with Gasteiger partial charge < -0.3 is 13.9 Å². The molecule has 54 heavy (non-hydrogen) atoms. The Bertz CT molecular complexity index is 3060. The number of para-hydroxylation sites is 2. The summed E-state index contributed by atoms with van der Waals surface area (Å²) >= 11 is 0. The first-order chi connectivity index (χ1) is 26.5. The van der Waals surface area contributed by atoms with Gasteiger partial charge in [-0.2, -0.15) is 0 Å². The highest BCUT2D eigenvalue weighted by Gasteiger charge is 2.35. The first-order valence-electron chi connectivity index (χ1n) is 18.7. The molecule has 256 valence electrons. The van der Waals surface area contributed by atoms with Crippen LogP contribution in [0.25, 0.3) is 71.7 Å². The van der Waals surface area contributed by atoms with E-state index in [0.717, 1.165) is 55.6 Å². The van der Waals surface area contributed by atoms with Gasteiger partial charge in [-0.25, -0.2) is 0 Å². The lowest BCUT2D eigenvalue weighted by atomic mass is 9.82. The van der Waals surface area contributed by atoms with Crippen LogP contribution in [-0.2, 0) is 5.41 Å². The topological polar surface area (TPSA) is 21.3 Å². The molecule has 1 aliphatic rings. The first-order valence-corrected chi connectivity index (χ1v) is 18.7. The third-order valence-corrected chi connectivity index (χ3v) is 11.6. The average molecular weight is 693 g/mol. The Morgan fingerprint density at radius 2 is 1.11 bits per heavy atom. The van der Waals surface area contributed by atoms with Crippen molar-refractivity contribution in [2.75, 3.05) is 4.90 Å². The lowest BCUT2D eigenvalue weighted by molar-refractivity contribution is 0.660. The fourth-order valence-corrected chi connectivity index (χ4v) is 9.00. The summed E-state index contributed by atoms with van der Waals surface area (Å²) in [5, 5.41) is 4.53. The van der Waals surface area contributed by atoms with E-state index in [0.29, 0.717) is 0 Å². The number of benzene rings is 8. The quantitative estimate of drug-likeness (QED) is 0.179. The summed E-state index contributed by atoms with van der Waals surface area (Å²) in [6, 6.07) is 65.8. The minimum Gasteiger partial charge on any atom is -0.455 e. The number of furan rings is 1. The van der Waals surface area contributed by atoms with Crippen LogP contribution in [0.4, 0.5) is 17.1 Å². The zero-order valence-electron chi connectivity index (χ0n) is 30.1. The van der Waals surface area contributed by atoms with Crippen molar-refractivity contribution in [2.24, 2.45) is 0 Å². The predicted molar refractivity (Wildman–Crippen MR) is 226 cm³/mol. The molecule has 0 bridgehead atoms. The molecule has 10 aromatic rings. The highest BCUT2D eigenvalue weighted by Crippen LogP contribution is 2.51. The maximum atomic E-state index is 6.82. The molecule has 1 aliphatic carbocycles. The van der Waals surface area contributed by atoms with Gasteiger partial charge in [0.25, 0.3) is 0 Å². The fourth-order valence-electron chi connectivity index (χ4n) is 9.00. The van der Waals surface area contributed by atoms with Gasteiger partial charge in [0.1, 0.15) is 11.2 Å². The molecule has 0 spiro atoms. The summed E-state index contributed by atoms with van der Waals surface area (Å²) in [5.41, 5.74) is 16.2. The summed E-state index contributed by atoms with van der Waals surface area (Å²) in [6.45, 7) is 4.67. The highest BCUT2D eigenvalue weighted by molar-refractivity contribution is 6.24. The van der Waals surface area contributed by atoms with Crippen LogP contribution < -0.4 is 4.90 Å². The Kier molecular flexibility index (Phi) is 6.60. The molecule has 2 aromatic heterocycles. The Morgan fingerprint density at radius 3 is 1.94 bits per heavy atom. The molecule has 0 N–H and O–H groups in total. The monoisotopic (exact) mass is 692 g/mol. The number of fused-ring (bicyclic) bond motifs is 10.